The molecule has 0 saturated carbocycles. The molecule has 2 aromatic rings. The second-order valence-electron chi connectivity index (χ2n) is 2.88. The van der Waals surface area contributed by atoms with Crippen molar-refractivity contribution in [3.05, 3.63) is 36.7 Å². The van der Waals surface area contributed by atoms with Crippen molar-refractivity contribution >= 4 is 16.6 Å². The van der Waals surface area contributed by atoms with E-state index >= 15 is 0 Å². The lowest BCUT2D eigenvalue weighted by atomic mass is 10.1. The summed E-state index contributed by atoms with van der Waals surface area (Å²) in [7, 11) is 0. The molecule has 0 atom stereocenters. The lowest BCUT2D eigenvalue weighted by Crippen LogP contribution is -1.75. The summed E-state index contributed by atoms with van der Waals surface area (Å²) in [5.41, 5.74) is 3.14. The molecule has 2 heterocycles. The molecular formula is C10H10N2. The predicted octanol–water partition coefficient (Wildman–Crippen LogP) is 2.60. The second-order valence-corrected chi connectivity index (χ2v) is 2.88. The van der Waals surface area contributed by atoms with Crippen LogP contribution < -0.4 is 0 Å². The fourth-order valence-electron chi connectivity index (χ4n) is 1.31. The van der Waals surface area contributed by atoms with Gasteiger partial charge in [-0.15, -0.1) is 0 Å². The predicted molar refractivity (Wildman–Crippen MR) is 50.8 cm³/mol. The van der Waals surface area contributed by atoms with E-state index in [0.29, 0.717) is 0 Å². The molecule has 0 fully saturated rings. The molecule has 0 aliphatic carbocycles. The molecule has 60 valence electrons. The van der Waals surface area contributed by atoms with Crippen molar-refractivity contribution in [2.24, 2.45) is 0 Å². The fraction of sp³-hybridized carbons (Fsp3) is 0.100. The zero-order valence-corrected chi connectivity index (χ0v) is 6.96. The molecule has 0 bridgehead atoms. The number of hydrogen-bond donors (Lipinski definition) is 1. The molecule has 2 heteroatoms. The van der Waals surface area contributed by atoms with Gasteiger partial charge in [-0.2, -0.15) is 0 Å². The maximum atomic E-state index is 4.19. The van der Waals surface area contributed by atoms with E-state index in [0.717, 1.165) is 22.2 Å². The maximum absolute atomic E-state index is 4.19. The van der Waals surface area contributed by atoms with Crippen molar-refractivity contribution in [3.63, 3.8) is 0 Å². The van der Waals surface area contributed by atoms with Gasteiger partial charge in [-0.3, -0.25) is 0 Å². The molecule has 0 aliphatic rings. The summed E-state index contributed by atoms with van der Waals surface area (Å²) in [5.74, 6) is 0. The third kappa shape index (κ3) is 0.925. The van der Waals surface area contributed by atoms with Crippen LogP contribution in [0.2, 0.25) is 0 Å². The highest BCUT2D eigenvalue weighted by Gasteiger charge is 2.02. The van der Waals surface area contributed by atoms with Crippen LogP contribution in [0.5, 0.6) is 0 Å². The molecule has 2 nitrogen and oxygen atoms in total. The van der Waals surface area contributed by atoms with Crippen LogP contribution in [-0.2, 0) is 0 Å². The van der Waals surface area contributed by atoms with Gasteiger partial charge in [0.25, 0.3) is 0 Å². The van der Waals surface area contributed by atoms with Crippen molar-refractivity contribution in [1.82, 2.24) is 9.97 Å². The Morgan fingerprint density at radius 2 is 2.42 bits per heavy atom. The number of H-pyrrole nitrogens is 1. The first-order valence-corrected chi connectivity index (χ1v) is 3.87. The molecular weight excluding hydrogens is 148 g/mol. The molecule has 0 unspecified atom stereocenters. The van der Waals surface area contributed by atoms with E-state index in [2.05, 4.69) is 16.5 Å². The van der Waals surface area contributed by atoms with Gasteiger partial charge < -0.3 is 4.98 Å². The molecule has 1 N–H and O–H groups in total. The van der Waals surface area contributed by atoms with Crippen LogP contribution in [0.25, 0.3) is 16.6 Å². The third-order valence-electron chi connectivity index (χ3n) is 1.91. The van der Waals surface area contributed by atoms with Crippen LogP contribution in [0.1, 0.15) is 12.5 Å². The van der Waals surface area contributed by atoms with Crippen molar-refractivity contribution < 1.29 is 0 Å². The summed E-state index contributed by atoms with van der Waals surface area (Å²) in [6.45, 7) is 5.90. The first-order chi connectivity index (χ1) is 5.79. The van der Waals surface area contributed by atoms with E-state index in [1.165, 1.54) is 0 Å². The monoisotopic (exact) mass is 158 g/mol. The Morgan fingerprint density at radius 3 is 3.17 bits per heavy atom. The molecule has 0 aromatic carbocycles. The van der Waals surface area contributed by atoms with E-state index < -0.39 is 0 Å². The van der Waals surface area contributed by atoms with E-state index in [1.54, 1.807) is 6.20 Å². The van der Waals surface area contributed by atoms with Crippen LogP contribution >= 0.6 is 0 Å². The average molecular weight is 158 g/mol. The Labute approximate surface area is 70.9 Å². The minimum absolute atomic E-state index is 0.926. The molecule has 0 spiro atoms. The van der Waals surface area contributed by atoms with Crippen molar-refractivity contribution in [2.45, 2.75) is 6.92 Å². The smallest absolute Gasteiger partial charge is 0.137 e. The zero-order valence-electron chi connectivity index (χ0n) is 6.96. The molecule has 0 aliphatic heterocycles. The number of nitrogens with zero attached hydrogens (tertiary/aromatic N) is 1. The van der Waals surface area contributed by atoms with E-state index in [1.807, 2.05) is 25.3 Å². The molecule has 0 saturated heterocycles. The van der Waals surface area contributed by atoms with Crippen LogP contribution in [0.15, 0.2) is 31.1 Å². The van der Waals surface area contributed by atoms with E-state index in [-0.39, 0.29) is 0 Å². The minimum atomic E-state index is 0.926. The van der Waals surface area contributed by atoms with Crippen molar-refractivity contribution in [1.29, 1.82) is 0 Å². The number of nitrogens with one attached hydrogen (secondary N) is 1. The lowest BCUT2D eigenvalue weighted by molar-refractivity contribution is 1.32. The number of pyridine rings is 1. The van der Waals surface area contributed by atoms with Gasteiger partial charge in [0.1, 0.15) is 5.65 Å². The molecule has 0 radical (unpaired) electrons. The van der Waals surface area contributed by atoms with Gasteiger partial charge in [0.15, 0.2) is 0 Å². The molecule has 2 aromatic heterocycles. The number of allylic oxidation sites excluding steroid dienone is 1. The highest BCUT2D eigenvalue weighted by Crippen LogP contribution is 2.21. The topological polar surface area (TPSA) is 28.7 Å². The first kappa shape index (κ1) is 7.10. The summed E-state index contributed by atoms with van der Waals surface area (Å²) in [4.78, 5) is 7.29. The summed E-state index contributed by atoms with van der Waals surface area (Å²) in [5, 5.41) is 1.14. The van der Waals surface area contributed by atoms with Gasteiger partial charge in [-0.1, -0.05) is 6.58 Å². The van der Waals surface area contributed by atoms with Gasteiger partial charge in [-0.25, -0.2) is 4.98 Å². The van der Waals surface area contributed by atoms with Gasteiger partial charge in [0.05, 0.1) is 0 Å². The molecule has 12 heavy (non-hydrogen) atoms. The first-order valence-electron chi connectivity index (χ1n) is 3.87. The Morgan fingerprint density at radius 1 is 1.58 bits per heavy atom. The van der Waals surface area contributed by atoms with Gasteiger partial charge in [-0.05, 0) is 24.6 Å². The van der Waals surface area contributed by atoms with Gasteiger partial charge >= 0.3 is 0 Å². The highest BCUT2D eigenvalue weighted by atomic mass is 14.8. The van der Waals surface area contributed by atoms with Crippen LogP contribution in [-0.4, -0.2) is 9.97 Å². The van der Waals surface area contributed by atoms with Gasteiger partial charge in [0, 0.05) is 23.3 Å². The molecule has 2 rings (SSSR count). The van der Waals surface area contributed by atoms with Gasteiger partial charge in [0.2, 0.25) is 0 Å². The summed E-state index contributed by atoms with van der Waals surface area (Å²) in [6.07, 6.45) is 3.72. The largest absolute Gasteiger partial charge is 0.346 e. The second kappa shape index (κ2) is 2.48. The summed E-state index contributed by atoms with van der Waals surface area (Å²) >= 11 is 0. The Balaban J connectivity index is 2.79. The van der Waals surface area contributed by atoms with Crippen molar-refractivity contribution in [2.75, 3.05) is 0 Å². The fourth-order valence-corrected chi connectivity index (χ4v) is 1.31. The number of fused-ring (bicyclic) bond motifs is 1. The van der Waals surface area contributed by atoms with Crippen LogP contribution in [0.4, 0.5) is 0 Å². The Kier molecular flexibility index (Phi) is 1.47. The maximum Gasteiger partial charge on any atom is 0.137 e. The minimum Gasteiger partial charge on any atom is -0.346 e. The Bertz CT molecular complexity index is 426. The number of rotatable bonds is 1. The average Bonchev–Trinajstić information content (AvgIpc) is 2.47. The lowest BCUT2D eigenvalue weighted by Gasteiger charge is -1.93. The third-order valence-corrected chi connectivity index (χ3v) is 1.91. The van der Waals surface area contributed by atoms with E-state index in [9.17, 15) is 0 Å². The number of aromatic amines is 1. The number of hydrogen-bond acceptors (Lipinski definition) is 1. The SMILES string of the molecule is C=C(C)c1c[nH]c2ncccc12. The standard InChI is InChI=1S/C10H10N2/c1-7(2)9-6-12-10-8(9)4-3-5-11-10/h3-6H,1H2,2H3,(H,11,12). The number of aromatic nitrogens is 2. The highest BCUT2D eigenvalue weighted by molar-refractivity contribution is 5.89. The normalized spacial score (nSPS) is 10.4. The Hall–Kier alpha value is -1.57. The summed E-state index contributed by atoms with van der Waals surface area (Å²) < 4.78 is 0. The van der Waals surface area contributed by atoms with Crippen molar-refractivity contribution in [3.8, 4) is 0 Å². The quantitative estimate of drug-likeness (QED) is 0.679. The van der Waals surface area contributed by atoms with E-state index in [4.69, 9.17) is 0 Å². The van der Waals surface area contributed by atoms with Crippen LogP contribution in [0.3, 0.4) is 0 Å². The summed E-state index contributed by atoms with van der Waals surface area (Å²) in [6, 6.07) is 3.98. The zero-order chi connectivity index (χ0) is 8.55. The van der Waals surface area contributed by atoms with Crippen LogP contribution in [0, 0.1) is 0 Å². The molecule has 0 amide bonds.